The van der Waals surface area contributed by atoms with Crippen LogP contribution in [-0.2, 0) is 4.79 Å². The minimum atomic E-state index is -1.10. The summed E-state index contributed by atoms with van der Waals surface area (Å²) in [5.41, 5.74) is 3.52. The smallest absolute Gasteiger partial charge is 0.344 e. The highest BCUT2D eigenvalue weighted by Gasteiger charge is 2.19. The highest BCUT2D eigenvalue weighted by Crippen LogP contribution is 2.34. The molecule has 4 rings (SSSR count). The number of fused-ring (bicyclic) bond motifs is 1. The largest absolute Gasteiger partial charge is 0.494 e. The van der Waals surface area contributed by atoms with Crippen LogP contribution in [-0.4, -0.2) is 39.7 Å². The van der Waals surface area contributed by atoms with E-state index >= 15 is 0 Å². The van der Waals surface area contributed by atoms with Crippen molar-refractivity contribution in [3.05, 3.63) is 86.7 Å². The number of carboxylic acids is 1. The minimum Gasteiger partial charge on any atom is -0.494 e. The van der Waals surface area contributed by atoms with Gasteiger partial charge in [-0.05, 0) is 85.8 Å². The maximum atomic E-state index is 13.6. The predicted octanol–water partition coefficient (Wildman–Crippen LogP) is 6.28. The SMILES string of the molecule is CCOc1cc(C)c(-c2nc3ccccc3c(=O)n2N=Cc2ccc(O[C@@H](C)C(=O)O)c(Cl)c2)cc1C(C)C. The summed E-state index contributed by atoms with van der Waals surface area (Å²) >= 11 is 6.33. The number of carboxylic acid groups (broad SMARTS) is 1. The number of nitrogens with zero attached hydrogens (tertiary/aromatic N) is 3. The quantitative estimate of drug-likeness (QED) is 0.247. The first kappa shape index (κ1) is 27.9. The number of rotatable bonds is 9. The number of aromatic nitrogens is 2. The van der Waals surface area contributed by atoms with E-state index in [1.165, 1.54) is 17.8 Å². The van der Waals surface area contributed by atoms with Gasteiger partial charge in [-0.25, -0.2) is 9.78 Å². The monoisotopic (exact) mass is 547 g/mol. The van der Waals surface area contributed by atoms with Gasteiger partial charge in [-0.15, -0.1) is 0 Å². The van der Waals surface area contributed by atoms with E-state index in [9.17, 15) is 9.59 Å². The zero-order chi connectivity index (χ0) is 28.3. The number of aliphatic carboxylic acids is 1. The van der Waals surface area contributed by atoms with Crippen LogP contribution >= 0.6 is 11.6 Å². The molecule has 0 aliphatic carbocycles. The van der Waals surface area contributed by atoms with Gasteiger partial charge < -0.3 is 14.6 Å². The molecule has 3 aromatic carbocycles. The van der Waals surface area contributed by atoms with Crippen LogP contribution in [0.3, 0.4) is 0 Å². The van der Waals surface area contributed by atoms with Gasteiger partial charge >= 0.3 is 5.97 Å². The lowest BCUT2D eigenvalue weighted by Gasteiger charge is -2.18. The van der Waals surface area contributed by atoms with E-state index in [0.29, 0.717) is 28.9 Å². The number of benzene rings is 3. The molecule has 0 spiro atoms. The summed E-state index contributed by atoms with van der Waals surface area (Å²) in [5, 5.41) is 14.3. The van der Waals surface area contributed by atoms with Crippen LogP contribution in [0, 0.1) is 6.92 Å². The molecule has 202 valence electrons. The molecule has 9 heteroatoms. The van der Waals surface area contributed by atoms with Crippen molar-refractivity contribution in [1.29, 1.82) is 0 Å². The van der Waals surface area contributed by atoms with Crippen molar-refractivity contribution in [3.8, 4) is 22.9 Å². The third-order valence-corrected chi connectivity index (χ3v) is 6.50. The molecule has 0 aliphatic rings. The van der Waals surface area contributed by atoms with Crippen molar-refractivity contribution in [2.75, 3.05) is 6.61 Å². The summed E-state index contributed by atoms with van der Waals surface area (Å²) in [5.74, 6) is 0.527. The Balaban J connectivity index is 1.85. The lowest BCUT2D eigenvalue weighted by Crippen LogP contribution is -2.23. The average Bonchev–Trinajstić information content (AvgIpc) is 2.89. The number of halogens is 1. The maximum absolute atomic E-state index is 13.6. The maximum Gasteiger partial charge on any atom is 0.344 e. The van der Waals surface area contributed by atoms with Crippen molar-refractivity contribution >= 4 is 34.7 Å². The molecular weight excluding hydrogens is 518 g/mol. The minimum absolute atomic E-state index is 0.182. The molecule has 1 heterocycles. The summed E-state index contributed by atoms with van der Waals surface area (Å²) in [6, 6.07) is 16.0. The van der Waals surface area contributed by atoms with Crippen molar-refractivity contribution in [2.45, 2.75) is 46.6 Å². The Morgan fingerprint density at radius 1 is 1.13 bits per heavy atom. The first-order chi connectivity index (χ1) is 18.6. The predicted molar refractivity (Wildman–Crippen MR) is 154 cm³/mol. The molecule has 1 atom stereocenters. The number of hydrogen-bond acceptors (Lipinski definition) is 6. The van der Waals surface area contributed by atoms with Crippen molar-refractivity contribution in [1.82, 2.24) is 9.66 Å². The van der Waals surface area contributed by atoms with Gasteiger partial charge in [-0.2, -0.15) is 9.78 Å². The third kappa shape index (κ3) is 5.96. The topological polar surface area (TPSA) is 103 Å². The van der Waals surface area contributed by atoms with Gasteiger partial charge in [-0.3, -0.25) is 4.79 Å². The normalized spacial score (nSPS) is 12.3. The first-order valence-electron chi connectivity index (χ1n) is 12.6. The Morgan fingerprint density at radius 3 is 2.54 bits per heavy atom. The molecule has 1 aromatic heterocycles. The lowest BCUT2D eigenvalue weighted by molar-refractivity contribution is -0.144. The molecule has 8 nitrogen and oxygen atoms in total. The standard InChI is InChI=1S/C30H30ClN3O5/c1-6-38-27-13-18(4)23(15-22(27)17(2)3)28-33-25-10-8-7-9-21(25)29(35)34(28)32-16-20-11-12-26(24(31)14-20)39-19(5)30(36)37/h7-17,19H,6H2,1-5H3,(H,36,37)/t19-/m0/s1. The number of para-hydroxylation sites is 1. The molecule has 0 unspecified atom stereocenters. The van der Waals surface area contributed by atoms with Gasteiger partial charge in [0.05, 0.1) is 28.7 Å². The molecule has 1 N–H and O–H groups in total. The van der Waals surface area contributed by atoms with Crippen LogP contribution in [0.5, 0.6) is 11.5 Å². The summed E-state index contributed by atoms with van der Waals surface area (Å²) in [6.07, 6.45) is 0.449. The van der Waals surface area contributed by atoms with Crippen molar-refractivity contribution in [2.24, 2.45) is 5.10 Å². The fourth-order valence-corrected chi connectivity index (χ4v) is 4.37. The number of carbonyl (C=O) groups is 1. The Morgan fingerprint density at radius 2 is 1.87 bits per heavy atom. The van der Waals surface area contributed by atoms with Gasteiger partial charge in [0.2, 0.25) is 0 Å². The Bertz CT molecular complexity index is 1630. The summed E-state index contributed by atoms with van der Waals surface area (Å²) in [4.78, 5) is 29.6. The zero-order valence-electron chi connectivity index (χ0n) is 22.4. The number of hydrogen-bond donors (Lipinski definition) is 1. The van der Waals surface area contributed by atoms with Gasteiger partial charge in [0, 0.05) is 5.56 Å². The molecule has 0 fully saturated rings. The van der Waals surface area contributed by atoms with Crippen LogP contribution < -0.4 is 15.0 Å². The third-order valence-electron chi connectivity index (χ3n) is 6.20. The summed E-state index contributed by atoms with van der Waals surface area (Å²) < 4.78 is 12.6. The number of aryl methyl sites for hydroxylation is 1. The summed E-state index contributed by atoms with van der Waals surface area (Å²) in [7, 11) is 0. The van der Waals surface area contributed by atoms with E-state index in [4.69, 9.17) is 31.2 Å². The fourth-order valence-electron chi connectivity index (χ4n) is 4.13. The second-order valence-corrected chi connectivity index (χ2v) is 9.80. The number of ether oxygens (including phenoxy) is 2. The van der Waals surface area contributed by atoms with Crippen LogP contribution in [0.2, 0.25) is 5.02 Å². The molecule has 39 heavy (non-hydrogen) atoms. The van der Waals surface area contributed by atoms with Gasteiger partial charge in [0.25, 0.3) is 5.56 Å². The molecule has 0 bridgehead atoms. The Kier molecular flexibility index (Phi) is 8.35. The second-order valence-electron chi connectivity index (χ2n) is 9.39. The average molecular weight is 548 g/mol. The molecule has 0 saturated carbocycles. The molecular formula is C30H30ClN3O5. The van der Waals surface area contributed by atoms with Crippen LogP contribution in [0.1, 0.15) is 50.3 Å². The van der Waals surface area contributed by atoms with Crippen LogP contribution in [0.15, 0.2) is 64.5 Å². The first-order valence-corrected chi connectivity index (χ1v) is 13.0. The highest BCUT2D eigenvalue weighted by atomic mass is 35.5. The van der Waals surface area contributed by atoms with Gasteiger partial charge in [0.15, 0.2) is 11.9 Å². The fraction of sp³-hybridized carbons (Fsp3) is 0.267. The Labute approximate surface area is 231 Å². The van der Waals surface area contributed by atoms with Crippen molar-refractivity contribution < 1.29 is 19.4 Å². The summed E-state index contributed by atoms with van der Waals surface area (Å²) in [6.45, 7) is 10.0. The van der Waals surface area contributed by atoms with E-state index < -0.39 is 12.1 Å². The molecule has 4 aromatic rings. The van der Waals surface area contributed by atoms with E-state index in [2.05, 4.69) is 18.9 Å². The van der Waals surface area contributed by atoms with E-state index in [1.807, 2.05) is 32.0 Å². The van der Waals surface area contributed by atoms with E-state index in [0.717, 1.165) is 22.4 Å². The van der Waals surface area contributed by atoms with Gasteiger partial charge in [-0.1, -0.05) is 37.6 Å². The lowest BCUT2D eigenvalue weighted by atomic mass is 9.96. The van der Waals surface area contributed by atoms with Gasteiger partial charge in [0.1, 0.15) is 11.5 Å². The molecule has 0 amide bonds. The molecule has 0 radical (unpaired) electrons. The van der Waals surface area contributed by atoms with Crippen LogP contribution in [0.25, 0.3) is 22.3 Å². The van der Waals surface area contributed by atoms with Crippen LogP contribution in [0.4, 0.5) is 0 Å². The van der Waals surface area contributed by atoms with E-state index in [1.54, 1.807) is 36.4 Å². The zero-order valence-corrected chi connectivity index (χ0v) is 23.2. The Hall–Kier alpha value is -4.17. The van der Waals surface area contributed by atoms with E-state index in [-0.39, 0.29) is 22.2 Å². The van der Waals surface area contributed by atoms with Crippen molar-refractivity contribution in [3.63, 3.8) is 0 Å². The molecule has 0 aliphatic heterocycles. The highest BCUT2D eigenvalue weighted by molar-refractivity contribution is 6.32. The molecule has 0 saturated heterocycles. The second kappa shape index (κ2) is 11.7.